The van der Waals surface area contributed by atoms with Crippen LogP contribution in [0.3, 0.4) is 0 Å². The molecule has 6 heteroatoms. The predicted molar refractivity (Wildman–Crippen MR) is 94.1 cm³/mol. The molecule has 0 saturated carbocycles. The molecule has 0 saturated heterocycles. The molecule has 124 valence electrons. The zero-order valence-corrected chi connectivity index (χ0v) is 14.8. The summed E-state index contributed by atoms with van der Waals surface area (Å²) >= 11 is 1.41. The van der Waals surface area contributed by atoms with Crippen molar-refractivity contribution in [3.05, 3.63) is 35.7 Å². The van der Waals surface area contributed by atoms with E-state index in [1.807, 2.05) is 10.6 Å². The minimum absolute atomic E-state index is 0.0424. The van der Waals surface area contributed by atoms with Gasteiger partial charge in [0.25, 0.3) is 0 Å². The van der Waals surface area contributed by atoms with Gasteiger partial charge < -0.3 is 5.32 Å². The maximum Gasteiger partial charge on any atom is 0.230 e. The molecule has 2 aromatic rings. The number of nitrogens with one attached hydrogen (secondary N) is 1. The Bertz CT molecular complexity index is 654. The fourth-order valence-electron chi connectivity index (χ4n) is 2.16. The van der Waals surface area contributed by atoms with Gasteiger partial charge in [-0.15, -0.1) is 10.2 Å². The molecule has 0 spiro atoms. The third-order valence-corrected chi connectivity index (χ3v) is 4.66. The Kier molecular flexibility index (Phi) is 6.65. The van der Waals surface area contributed by atoms with Crippen LogP contribution < -0.4 is 5.32 Å². The zero-order chi connectivity index (χ0) is 16.7. The van der Waals surface area contributed by atoms with E-state index in [0.29, 0.717) is 5.75 Å². The summed E-state index contributed by atoms with van der Waals surface area (Å²) in [6, 6.07) is 6.23. The molecule has 0 fully saturated rings. The normalized spacial score (nSPS) is 10.7. The highest BCUT2D eigenvalue weighted by atomic mass is 32.2. The van der Waals surface area contributed by atoms with Crippen molar-refractivity contribution in [3.63, 3.8) is 0 Å². The molecule has 1 aromatic heterocycles. The van der Waals surface area contributed by atoms with Crippen LogP contribution in [0, 0.1) is 13.8 Å². The van der Waals surface area contributed by atoms with Gasteiger partial charge in [0.05, 0.1) is 5.75 Å². The van der Waals surface area contributed by atoms with Gasteiger partial charge in [0.15, 0.2) is 5.16 Å². The van der Waals surface area contributed by atoms with E-state index in [9.17, 15) is 4.79 Å². The second-order valence-electron chi connectivity index (χ2n) is 5.60. The molecule has 0 radical (unpaired) electrons. The summed E-state index contributed by atoms with van der Waals surface area (Å²) in [5.41, 5.74) is 3.49. The number of aromatic nitrogens is 3. The van der Waals surface area contributed by atoms with Crippen molar-refractivity contribution in [3.8, 4) is 5.69 Å². The maximum atomic E-state index is 11.9. The van der Waals surface area contributed by atoms with Gasteiger partial charge in [0.2, 0.25) is 5.91 Å². The molecular formula is C17H24N4OS. The lowest BCUT2D eigenvalue weighted by Gasteiger charge is -2.09. The fraction of sp³-hybridized carbons (Fsp3) is 0.471. The van der Waals surface area contributed by atoms with E-state index in [-0.39, 0.29) is 5.91 Å². The first-order valence-electron chi connectivity index (χ1n) is 7.99. The van der Waals surface area contributed by atoms with Gasteiger partial charge in [-0.2, -0.15) is 0 Å². The Morgan fingerprint density at radius 2 is 2.09 bits per heavy atom. The summed E-state index contributed by atoms with van der Waals surface area (Å²) < 4.78 is 1.92. The summed E-state index contributed by atoms with van der Waals surface area (Å²) in [5.74, 6) is 0.399. The number of hydrogen-bond donors (Lipinski definition) is 1. The summed E-state index contributed by atoms with van der Waals surface area (Å²) in [7, 11) is 0. The fourth-order valence-corrected chi connectivity index (χ4v) is 2.92. The van der Waals surface area contributed by atoms with Crippen LogP contribution in [-0.4, -0.2) is 33.0 Å². The number of unbranched alkanes of at least 4 members (excludes halogenated alkanes) is 2. The van der Waals surface area contributed by atoms with Gasteiger partial charge in [-0.05, 0) is 43.5 Å². The van der Waals surface area contributed by atoms with Crippen LogP contribution in [0.5, 0.6) is 0 Å². The van der Waals surface area contributed by atoms with Crippen molar-refractivity contribution in [2.75, 3.05) is 12.3 Å². The minimum atomic E-state index is 0.0424. The van der Waals surface area contributed by atoms with Crippen molar-refractivity contribution in [2.24, 2.45) is 0 Å². The highest BCUT2D eigenvalue weighted by molar-refractivity contribution is 7.99. The first kappa shape index (κ1) is 17.5. The topological polar surface area (TPSA) is 59.8 Å². The molecule has 5 nitrogen and oxygen atoms in total. The molecule has 0 bridgehead atoms. The van der Waals surface area contributed by atoms with Gasteiger partial charge in [-0.3, -0.25) is 9.36 Å². The van der Waals surface area contributed by atoms with E-state index in [2.05, 4.69) is 48.4 Å². The van der Waals surface area contributed by atoms with Gasteiger partial charge in [0, 0.05) is 12.2 Å². The highest BCUT2D eigenvalue weighted by Gasteiger charge is 2.10. The first-order chi connectivity index (χ1) is 11.1. The highest BCUT2D eigenvalue weighted by Crippen LogP contribution is 2.21. The largest absolute Gasteiger partial charge is 0.355 e. The molecule has 2 rings (SSSR count). The van der Waals surface area contributed by atoms with Gasteiger partial charge in [-0.1, -0.05) is 37.6 Å². The smallest absolute Gasteiger partial charge is 0.230 e. The van der Waals surface area contributed by atoms with Crippen molar-refractivity contribution in [1.29, 1.82) is 0 Å². The van der Waals surface area contributed by atoms with Crippen LogP contribution >= 0.6 is 11.8 Å². The molecule has 0 aliphatic heterocycles. The number of thioether (sulfide) groups is 1. The summed E-state index contributed by atoms with van der Waals surface area (Å²) in [5, 5.41) is 11.8. The molecule has 1 aromatic carbocycles. The van der Waals surface area contributed by atoms with Crippen molar-refractivity contribution >= 4 is 17.7 Å². The lowest BCUT2D eigenvalue weighted by atomic mass is 10.1. The number of nitrogens with zero attached hydrogens (tertiary/aromatic N) is 3. The van der Waals surface area contributed by atoms with E-state index < -0.39 is 0 Å². The van der Waals surface area contributed by atoms with E-state index >= 15 is 0 Å². The number of hydrogen-bond acceptors (Lipinski definition) is 4. The Hall–Kier alpha value is -1.82. The number of carbonyl (C=O) groups excluding carboxylic acids is 1. The molecule has 0 aliphatic rings. The summed E-state index contributed by atoms with van der Waals surface area (Å²) in [6.45, 7) is 7.07. The van der Waals surface area contributed by atoms with Crippen LogP contribution in [0.25, 0.3) is 5.69 Å². The monoisotopic (exact) mass is 332 g/mol. The second-order valence-corrected chi connectivity index (χ2v) is 6.54. The predicted octanol–water partition coefficient (Wildman–Crippen LogP) is 3.28. The average molecular weight is 332 g/mol. The van der Waals surface area contributed by atoms with Crippen LogP contribution in [0.1, 0.15) is 37.3 Å². The Labute approximate surface area is 141 Å². The van der Waals surface area contributed by atoms with E-state index in [1.54, 1.807) is 6.33 Å². The molecule has 0 unspecified atom stereocenters. The molecule has 1 heterocycles. The van der Waals surface area contributed by atoms with Crippen molar-refractivity contribution in [2.45, 2.75) is 45.2 Å². The number of benzene rings is 1. The lowest BCUT2D eigenvalue weighted by Crippen LogP contribution is -2.26. The Balaban J connectivity index is 1.93. The molecule has 23 heavy (non-hydrogen) atoms. The van der Waals surface area contributed by atoms with E-state index in [4.69, 9.17) is 0 Å². The second kappa shape index (κ2) is 8.72. The molecule has 1 N–H and O–H groups in total. The third kappa shape index (κ3) is 5.10. The van der Waals surface area contributed by atoms with Crippen molar-refractivity contribution < 1.29 is 4.79 Å². The number of amides is 1. The first-order valence-corrected chi connectivity index (χ1v) is 8.97. The van der Waals surface area contributed by atoms with Crippen molar-refractivity contribution in [1.82, 2.24) is 20.1 Å². The third-order valence-electron chi connectivity index (χ3n) is 3.72. The quantitative estimate of drug-likeness (QED) is 0.595. The van der Waals surface area contributed by atoms with E-state index in [1.165, 1.54) is 22.9 Å². The minimum Gasteiger partial charge on any atom is -0.355 e. The van der Waals surface area contributed by atoms with Crippen LogP contribution in [0.15, 0.2) is 29.7 Å². The number of carbonyl (C=O) groups is 1. The molecule has 0 aliphatic carbocycles. The molecule has 0 atom stereocenters. The molecule has 1 amide bonds. The van der Waals surface area contributed by atoms with Gasteiger partial charge in [-0.25, -0.2) is 0 Å². The molecular weight excluding hydrogens is 308 g/mol. The average Bonchev–Trinajstić information content (AvgIpc) is 3.01. The number of aryl methyl sites for hydroxylation is 2. The van der Waals surface area contributed by atoms with E-state index in [0.717, 1.165) is 36.7 Å². The number of rotatable bonds is 8. The standard InChI is InChI=1S/C17H24N4OS/c1-4-5-6-9-18-16(22)11-23-17-20-19-12-21(17)15-8-7-13(2)14(3)10-15/h7-8,10,12H,4-6,9,11H2,1-3H3,(H,18,22). The summed E-state index contributed by atoms with van der Waals surface area (Å²) in [4.78, 5) is 11.9. The zero-order valence-electron chi connectivity index (χ0n) is 14.0. The summed E-state index contributed by atoms with van der Waals surface area (Å²) in [6.07, 6.45) is 5.02. The van der Waals surface area contributed by atoms with Gasteiger partial charge in [0.1, 0.15) is 6.33 Å². The Morgan fingerprint density at radius 1 is 1.26 bits per heavy atom. The van der Waals surface area contributed by atoms with Crippen LogP contribution in [0.2, 0.25) is 0 Å². The maximum absolute atomic E-state index is 11.9. The SMILES string of the molecule is CCCCCNC(=O)CSc1nncn1-c1ccc(C)c(C)c1. The van der Waals surface area contributed by atoms with Crippen LogP contribution in [-0.2, 0) is 4.79 Å². The Morgan fingerprint density at radius 3 is 2.83 bits per heavy atom. The van der Waals surface area contributed by atoms with Crippen LogP contribution in [0.4, 0.5) is 0 Å². The van der Waals surface area contributed by atoms with Gasteiger partial charge >= 0.3 is 0 Å². The lowest BCUT2D eigenvalue weighted by molar-refractivity contribution is -0.118.